The predicted octanol–water partition coefficient (Wildman–Crippen LogP) is 4.71. The van der Waals surface area contributed by atoms with E-state index >= 15 is 0 Å². The van der Waals surface area contributed by atoms with Gasteiger partial charge in [0.05, 0.1) is 10.6 Å². The average Bonchev–Trinajstić information content (AvgIpc) is 3.12. The number of carboxylic acids is 1. The molecular weight excluding hydrogens is 361 g/mol. The Hall–Kier alpha value is -2.41. The lowest BCUT2D eigenvalue weighted by Crippen LogP contribution is -2.08. The van der Waals surface area contributed by atoms with E-state index in [-0.39, 0.29) is 22.8 Å². The maximum atomic E-state index is 12.6. The van der Waals surface area contributed by atoms with Gasteiger partial charge >= 0.3 is 12.1 Å². The first kappa shape index (κ1) is 16.1. The van der Waals surface area contributed by atoms with E-state index in [1.165, 1.54) is 0 Å². The highest BCUT2D eigenvalue weighted by Gasteiger charge is 2.63. The highest BCUT2D eigenvalue weighted by Crippen LogP contribution is 2.59. The summed E-state index contributed by atoms with van der Waals surface area (Å²) in [4.78, 5) is 11.0. The van der Waals surface area contributed by atoms with Crippen molar-refractivity contribution in [2.24, 2.45) is 5.92 Å². The fraction of sp³-hybridized carbons (Fsp3) is 0.235. The number of carboxylic acid groups (broad SMARTS) is 1. The molecule has 1 saturated carbocycles. The second-order valence-corrected chi connectivity index (χ2v) is 6.32. The Morgan fingerprint density at radius 3 is 2.60 bits per heavy atom. The average molecular weight is 371 g/mol. The normalized spacial score (nSPS) is 23.4. The third-order valence-electron chi connectivity index (χ3n) is 4.33. The number of hydrogen-bond acceptors (Lipinski definition) is 3. The van der Waals surface area contributed by atoms with Crippen molar-refractivity contribution in [3.63, 3.8) is 0 Å². The van der Waals surface area contributed by atoms with Crippen molar-refractivity contribution in [2.45, 2.75) is 18.2 Å². The smallest absolute Gasteiger partial charge is 0.416 e. The molecule has 1 aliphatic heterocycles. The third kappa shape index (κ3) is 2.68. The topological polar surface area (TPSA) is 55.8 Å². The van der Waals surface area contributed by atoms with Gasteiger partial charge in [-0.2, -0.15) is 13.2 Å². The zero-order chi connectivity index (χ0) is 17.9. The van der Waals surface area contributed by atoms with E-state index in [1.807, 2.05) is 0 Å². The molecular formula is C17H10ClF3O4. The minimum Gasteiger partial charge on any atom is -0.488 e. The van der Waals surface area contributed by atoms with Crippen LogP contribution < -0.4 is 9.47 Å². The molecule has 2 aromatic carbocycles. The Morgan fingerprint density at radius 2 is 1.96 bits per heavy atom. The van der Waals surface area contributed by atoms with E-state index in [4.69, 9.17) is 26.2 Å². The fourth-order valence-corrected chi connectivity index (χ4v) is 3.30. The third-order valence-corrected chi connectivity index (χ3v) is 4.63. The summed E-state index contributed by atoms with van der Waals surface area (Å²) >= 11 is 5.87. The van der Waals surface area contributed by atoms with Gasteiger partial charge in [-0.15, -0.1) is 0 Å². The molecule has 4 nitrogen and oxygen atoms in total. The Bertz CT molecular complexity index is 881. The van der Waals surface area contributed by atoms with Crippen LogP contribution in [-0.4, -0.2) is 17.2 Å². The molecule has 0 amide bonds. The summed E-state index contributed by atoms with van der Waals surface area (Å²) < 4.78 is 49.1. The molecule has 1 N–H and O–H groups in total. The molecule has 8 heteroatoms. The van der Waals surface area contributed by atoms with Gasteiger partial charge in [0.1, 0.15) is 29.3 Å². The van der Waals surface area contributed by atoms with Crippen LogP contribution in [0, 0.1) is 5.92 Å². The van der Waals surface area contributed by atoms with Gasteiger partial charge < -0.3 is 14.6 Å². The SMILES string of the molecule is O=C(O)C1C2Oc3cc(Oc4ccc(C(F)(F)F)cc4Cl)ccc3C21. The Labute approximate surface area is 144 Å². The summed E-state index contributed by atoms with van der Waals surface area (Å²) in [5.74, 6) is -0.625. The van der Waals surface area contributed by atoms with Crippen LogP contribution in [0.5, 0.6) is 17.2 Å². The maximum Gasteiger partial charge on any atom is 0.416 e. The number of fused-ring (bicyclic) bond motifs is 3. The highest BCUT2D eigenvalue weighted by atomic mass is 35.5. The summed E-state index contributed by atoms with van der Waals surface area (Å²) in [5, 5.41) is 8.88. The van der Waals surface area contributed by atoms with Crippen LogP contribution in [0.4, 0.5) is 13.2 Å². The highest BCUT2D eigenvalue weighted by molar-refractivity contribution is 6.32. The number of ether oxygens (including phenoxy) is 2. The fourth-order valence-electron chi connectivity index (χ4n) is 3.08. The first-order valence-electron chi connectivity index (χ1n) is 7.34. The zero-order valence-corrected chi connectivity index (χ0v) is 13.1. The van der Waals surface area contributed by atoms with Crippen LogP contribution in [0.15, 0.2) is 36.4 Å². The number of hydrogen-bond donors (Lipinski definition) is 1. The molecule has 0 spiro atoms. The lowest BCUT2D eigenvalue weighted by molar-refractivity contribution is -0.139. The van der Waals surface area contributed by atoms with Crippen LogP contribution in [0.2, 0.25) is 5.02 Å². The molecule has 1 aliphatic carbocycles. The van der Waals surface area contributed by atoms with Gasteiger partial charge in [0.25, 0.3) is 0 Å². The second-order valence-electron chi connectivity index (χ2n) is 5.92. The summed E-state index contributed by atoms with van der Waals surface area (Å²) in [7, 11) is 0. The number of alkyl halides is 3. The van der Waals surface area contributed by atoms with Gasteiger partial charge in [-0.05, 0) is 24.3 Å². The maximum absolute atomic E-state index is 12.6. The molecule has 0 aromatic heterocycles. The van der Waals surface area contributed by atoms with Crippen molar-refractivity contribution in [1.29, 1.82) is 0 Å². The quantitative estimate of drug-likeness (QED) is 0.850. The van der Waals surface area contributed by atoms with E-state index in [0.29, 0.717) is 11.5 Å². The van der Waals surface area contributed by atoms with Crippen LogP contribution in [0.1, 0.15) is 17.0 Å². The zero-order valence-electron chi connectivity index (χ0n) is 12.4. The lowest BCUT2D eigenvalue weighted by Gasteiger charge is -2.12. The van der Waals surface area contributed by atoms with Gasteiger partial charge in [-0.1, -0.05) is 17.7 Å². The van der Waals surface area contributed by atoms with Crippen LogP contribution >= 0.6 is 11.6 Å². The first-order valence-corrected chi connectivity index (χ1v) is 7.71. The van der Waals surface area contributed by atoms with Gasteiger partial charge in [0.2, 0.25) is 0 Å². The van der Waals surface area contributed by atoms with Gasteiger partial charge in [-0.25, -0.2) is 0 Å². The van der Waals surface area contributed by atoms with Gasteiger partial charge in [-0.3, -0.25) is 4.79 Å². The van der Waals surface area contributed by atoms with Crippen LogP contribution in [0.3, 0.4) is 0 Å². The molecule has 130 valence electrons. The molecule has 1 fully saturated rings. The standard InChI is InChI=1S/C17H10ClF3O4/c18-10-5-7(17(19,20)21)1-4-11(10)24-8-2-3-9-12(6-8)25-15-13(9)14(15)16(22)23/h1-6,13-15H,(H,22,23). The van der Waals surface area contributed by atoms with E-state index < -0.39 is 23.6 Å². The van der Waals surface area contributed by atoms with Crippen LogP contribution in [-0.2, 0) is 11.0 Å². The first-order chi connectivity index (χ1) is 11.8. The molecule has 25 heavy (non-hydrogen) atoms. The summed E-state index contributed by atoms with van der Waals surface area (Å²) in [6, 6.07) is 7.72. The van der Waals surface area contributed by atoms with Crippen molar-refractivity contribution in [2.75, 3.05) is 0 Å². The lowest BCUT2D eigenvalue weighted by atomic mass is 10.1. The Morgan fingerprint density at radius 1 is 1.20 bits per heavy atom. The number of rotatable bonds is 3. The molecule has 3 unspecified atom stereocenters. The number of aliphatic carboxylic acids is 1. The number of benzene rings is 2. The molecule has 0 saturated heterocycles. The van der Waals surface area contributed by atoms with E-state index in [2.05, 4.69) is 0 Å². The Balaban J connectivity index is 1.55. The second kappa shape index (κ2) is 5.29. The molecule has 3 atom stereocenters. The van der Waals surface area contributed by atoms with E-state index in [9.17, 15) is 18.0 Å². The Kier molecular flexibility index (Phi) is 3.40. The van der Waals surface area contributed by atoms with Crippen LogP contribution in [0.25, 0.3) is 0 Å². The van der Waals surface area contributed by atoms with E-state index in [0.717, 1.165) is 23.8 Å². The predicted molar refractivity (Wildman–Crippen MR) is 81.3 cm³/mol. The molecule has 2 aliphatic rings. The largest absolute Gasteiger partial charge is 0.488 e. The van der Waals surface area contributed by atoms with Gasteiger partial charge in [0, 0.05) is 17.5 Å². The molecule has 4 rings (SSSR count). The van der Waals surface area contributed by atoms with Crippen molar-refractivity contribution in [3.05, 3.63) is 52.5 Å². The minimum atomic E-state index is -4.48. The number of carbonyl (C=O) groups is 1. The molecule has 0 radical (unpaired) electrons. The van der Waals surface area contributed by atoms with Gasteiger partial charge in [0.15, 0.2) is 0 Å². The minimum absolute atomic E-state index is 0.0844. The van der Waals surface area contributed by atoms with Crippen molar-refractivity contribution >= 4 is 17.6 Å². The summed E-state index contributed by atoms with van der Waals surface area (Å²) in [5.41, 5.74) is -0.0646. The molecule has 0 bridgehead atoms. The van der Waals surface area contributed by atoms with Crippen molar-refractivity contribution in [3.8, 4) is 17.2 Å². The van der Waals surface area contributed by atoms with Crippen molar-refractivity contribution in [1.82, 2.24) is 0 Å². The summed E-state index contributed by atoms with van der Waals surface area (Å²) in [6.45, 7) is 0. The molecule has 1 heterocycles. The molecule has 2 aromatic rings. The monoisotopic (exact) mass is 370 g/mol. The van der Waals surface area contributed by atoms with Crippen molar-refractivity contribution < 1.29 is 32.5 Å². The number of halogens is 4. The van der Waals surface area contributed by atoms with E-state index in [1.54, 1.807) is 18.2 Å². The summed E-state index contributed by atoms with van der Waals surface area (Å²) in [6.07, 6.45) is -4.84.